The molecule has 0 N–H and O–H groups in total. The molecule has 1 atom stereocenters. The van der Waals surface area contributed by atoms with Gasteiger partial charge in [-0.05, 0) is 49.3 Å². The quantitative estimate of drug-likeness (QED) is 0.752. The number of rotatable bonds is 2. The predicted octanol–water partition coefficient (Wildman–Crippen LogP) is 4.26. The summed E-state index contributed by atoms with van der Waals surface area (Å²) in [5.41, 5.74) is 3.52. The fourth-order valence-electron chi connectivity index (χ4n) is 3.12. The van der Waals surface area contributed by atoms with Gasteiger partial charge in [0.2, 0.25) is 0 Å². The lowest BCUT2D eigenvalue weighted by Gasteiger charge is -2.32. The van der Waals surface area contributed by atoms with Crippen LogP contribution in [0.1, 0.15) is 51.7 Å². The molecule has 1 nitrogen and oxygen atoms in total. The predicted molar refractivity (Wildman–Crippen MR) is 78.7 cm³/mol. The fourth-order valence-corrected chi connectivity index (χ4v) is 3.12. The normalized spacial score (nSPS) is 19.1. The maximum absolute atomic E-state index is 2.66. The number of aryl methyl sites for hydroxylation is 1. The summed E-state index contributed by atoms with van der Waals surface area (Å²) in [6, 6.07) is 9.63. The summed E-state index contributed by atoms with van der Waals surface area (Å²) in [5.74, 6) is 0. The maximum Gasteiger partial charge on any atom is 0.0239 e. The van der Waals surface area contributed by atoms with E-state index < -0.39 is 0 Å². The first-order valence-electron chi connectivity index (χ1n) is 7.26. The van der Waals surface area contributed by atoms with E-state index >= 15 is 0 Å². The van der Waals surface area contributed by atoms with Crippen LogP contribution in [0.15, 0.2) is 24.3 Å². The van der Waals surface area contributed by atoms with Crippen LogP contribution in [0.2, 0.25) is 0 Å². The number of hydrogen-bond acceptors (Lipinski definition) is 1. The molecule has 100 valence electrons. The van der Waals surface area contributed by atoms with E-state index in [2.05, 4.69) is 56.9 Å². The lowest BCUT2D eigenvalue weighted by Crippen LogP contribution is -2.35. The molecule has 0 radical (unpaired) electrons. The third-order valence-corrected chi connectivity index (χ3v) is 3.91. The van der Waals surface area contributed by atoms with Crippen molar-refractivity contribution in [2.75, 3.05) is 6.54 Å². The van der Waals surface area contributed by atoms with E-state index in [-0.39, 0.29) is 0 Å². The molecule has 1 aliphatic rings. The van der Waals surface area contributed by atoms with E-state index in [9.17, 15) is 0 Å². The fraction of sp³-hybridized carbons (Fsp3) is 0.647. The molecule has 1 unspecified atom stereocenters. The summed E-state index contributed by atoms with van der Waals surface area (Å²) in [6.07, 6.45) is 3.82. The Morgan fingerprint density at radius 3 is 2.50 bits per heavy atom. The minimum absolute atomic E-state index is 0.422. The molecule has 1 aromatic carbocycles. The van der Waals surface area contributed by atoms with Gasteiger partial charge in [-0.25, -0.2) is 0 Å². The SMILES string of the molecule is CC(CC(C)(C)C)N1CCCc2ccccc2C1. The average molecular weight is 245 g/mol. The molecule has 1 aromatic rings. The minimum atomic E-state index is 0.422. The van der Waals surface area contributed by atoms with Crippen molar-refractivity contribution in [2.45, 2.75) is 59.5 Å². The molecule has 0 bridgehead atoms. The molecule has 1 heteroatoms. The summed E-state index contributed by atoms with van der Waals surface area (Å²) in [6.45, 7) is 11.8. The Labute approximate surface area is 112 Å². The largest absolute Gasteiger partial charge is 0.296 e. The van der Waals surface area contributed by atoms with Crippen molar-refractivity contribution in [1.29, 1.82) is 0 Å². The van der Waals surface area contributed by atoms with Crippen molar-refractivity contribution < 1.29 is 0 Å². The molecular formula is C17H27N. The van der Waals surface area contributed by atoms with Crippen LogP contribution in [0.3, 0.4) is 0 Å². The topological polar surface area (TPSA) is 3.24 Å². The monoisotopic (exact) mass is 245 g/mol. The molecular weight excluding hydrogens is 218 g/mol. The van der Waals surface area contributed by atoms with E-state index in [0.717, 1.165) is 6.54 Å². The van der Waals surface area contributed by atoms with Gasteiger partial charge in [-0.2, -0.15) is 0 Å². The Kier molecular flexibility index (Phi) is 4.11. The summed E-state index contributed by atoms with van der Waals surface area (Å²) in [7, 11) is 0. The third kappa shape index (κ3) is 3.58. The Bertz CT molecular complexity index is 389. The molecule has 2 rings (SSSR count). The van der Waals surface area contributed by atoms with Crippen molar-refractivity contribution in [1.82, 2.24) is 4.90 Å². The van der Waals surface area contributed by atoms with Crippen molar-refractivity contribution in [2.24, 2.45) is 5.41 Å². The van der Waals surface area contributed by atoms with Gasteiger partial charge in [-0.3, -0.25) is 4.90 Å². The zero-order valence-corrected chi connectivity index (χ0v) is 12.4. The van der Waals surface area contributed by atoms with E-state index in [4.69, 9.17) is 0 Å². The molecule has 0 fully saturated rings. The minimum Gasteiger partial charge on any atom is -0.296 e. The molecule has 0 saturated carbocycles. The van der Waals surface area contributed by atoms with Crippen LogP contribution in [0.4, 0.5) is 0 Å². The molecule has 18 heavy (non-hydrogen) atoms. The molecule has 1 heterocycles. The molecule has 0 saturated heterocycles. The van der Waals surface area contributed by atoms with Gasteiger partial charge < -0.3 is 0 Å². The van der Waals surface area contributed by atoms with Crippen molar-refractivity contribution in [3.63, 3.8) is 0 Å². The second-order valence-corrected chi connectivity index (χ2v) is 6.96. The van der Waals surface area contributed by atoms with Gasteiger partial charge in [0.1, 0.15) is 0 Å². The van der Waals surface area contributed by atoms with E-state index in [0.29, 0.717) is 11.5 Å². The first-order valence-corrected chi connectivity index (χ1v) is 7.26. The molecule has 0 spiro atoms. The highest BCUT2D eigenvalue weighted by Gasteiger charge is 2.22. The van der Waals surface area contributed by atoms with Crippen LogP contribution in [0.25, 0.3) is 0 Å². The maximum atomic E-state index is 2.66. The standard InChI is InChI=1S/C17H27N/c1-14(12-17(2,3)4)18-11-7-10-15-8-5-6-9-16(15)13-18/h5-6,8-9,14H,7,10-13H2,1-4H3. The summed E-state index contributed by atoms with van der Waals surface area (Å²) >= 11 is 0. The second-order valence-electron chi connectivity index (χ2n) is 6.96. The molecule has 0 aromatic heterocycles. The van der Waals surface area contributed by atoms with Gasteiger partial charge >= 0.3 is 0 Å². The lowest BCUT2D eigenvalue weighted by molar-refractivity contribution is 0.155. The second kappa shape index (κ2) is 5.44. The smallest absolute Gasteiger partial charge is 0.0239 e. The van der Waals surface area contributed by atoms with Crippen LogP contribution < -0.4 is 0 Å². The van der Waals surface area contributed by atoms with Crippen molar-refractivity contribution in [3.05, 3.63) is 35.4 Å². The number of benzene rings is 1. The number of fused-ring (bicyclic) bond motifs is 1. The van der Waals surface area contributed by atoms with Crippen LogP contribution in [0, 0.1) is 5.41 Å². The average Bonchev–Trinajstić information content (AvgIpc) is 2.48. The van der Waals surface area contributed by atoms with Crippen molar-refractivity contribution in [3.8, 4) is 0 Å². The highest BCUT2D eigenvalue weighted by Crippen LogP contribution is 2.26. The summed E-state index contributed by atoms with van der Waals surface area (Å²) in [4.78, 5) is 2.66. The Hall–Kier alpha value is -0.820. The van der Waals surface area contributed by atoms with Crippen LogP contribution >= 0.6 is 0 Å². The Balaban J connectivity index is 2.08. The van der Waals surface area contributed by atoms with Crippen molar-refractivity contribution >= 4 is 0 Å². The first kappa shape index (κ1) is 13.6. The van der Waals surface area contributed by atoms with Crippen LogP contribution in [-0.4, -0.2) is 17.5 Å². The lowest BCUT2D eigenvalue weighted by atomic mass is 9.88. The van der Waals surface area contributed by atoms with Gasteiger partial charge in [-0.1, -0.05) is 45.0 Å². The van der Waals surface area contributed by atoms with Crippen LogP contribution in [0.5, 0.6) is 0 Å². The van der Waals surface area contributed by atoms with Crippen LogP contribution in [-0.2, 0) is 13.0 Å². The number of hydrogen-bond donors (Lipinski definition) is 0. The van der Waals surface area contributed by atoms with E-state index in [1.54, 1.807) is 5.56 Å². The first-order chi connectivity index (χ1) is 8.46. The van der Waals surface area contributed by atoms with Gasteiger partial charge in [0.05, 0.1) is 0 Å². The van der Waals surface area contributed by atoms with Gasteiger partial charge in [0.15, 0.2) is 0 Å². The summed E-state index contributed by atoms with van der Waals surface area (Å²) in [5, 5.41) is 0. The molecule has 1 aliphatic heterocycles. The Morgan fingerprint density at radius 1 is 1.17 bits per heavy atom. The number of nitrogens with zero attached hydrogens (tertiary/aromatic N) is 1. The zero-order chi connectivity index (χ0) is 13.2. The Morgan fingerprint density at radius 2 is 1.83 bits per heavy atom. The molecule has 0 aliphatic carbocycles. The highest BCUT2D eigenvalue weighted by atomic mass is 15.1. The summed E-state index contributed by atoms with van der Waals surface area (Å²) < 4.78 is 0. The highest BCUT2D eigenvalue weighted by molar-refractivity contribution is 5.28. The third-order valence-electron chi connectivity index (χ3n) is 3.91. The van der Waals surface area contributed by atoms with E-state index in [1.165, 1.54) is 31.4 Å². The van der Waals surface area contributed by atoms with Gasteiger partial charge in [-0.15, -0.1) is 0 Å². The zero-order valence-electron chi connectivity index (χ0n) is 12.4. The molecule has 0 amide bonds. The van der Waals surface area contributed by atoms with Gasteiger partial charge in [0, 0.05) is 12.6 Å². The van der Waals surface area contributed by atoms with Gasteiger partial charge in [0.25, 0.3) is 0 Å². The van der Waals surface area contributed by atoms with E-state index in [1.807, 2.05) is 0 Å².